The van der Waals surface area contributed by atoms with Crippen LogP contribution in [0, 0.1) is 0 Å². The van der Waals surface area contributed by atoms with E-state index in [0.29, 0.717) is 17.8 Å². The summed E-state index contributed by atoms with van der Waals surface area (Å²) in [5.74, 6) is -0.0653. The lowest BCUT2D eigenvalue weighted by Gasteiger charge is -2.43. The van der Waals surface area contributed by atoms with Gasteiger partial charge in [0.15, 0.2) is 0 Å². The topological polar surface area (TPSA) is 61.6 Å². The first-order valence-corrected chi connectivity index (χ1v) is 7.46. The Balaban J connectivity index is 1.90. The third-order valence-corrected chi connectivity index (χ3v) is 4.19. The molecule has 1 aliphatic rings. The van der Waals surface area contributed by atoms with E-state index in [4.69, 9.17) is 5.73 Å². The van der Waals surface area contributed by atoms with Crippen molar-refractivity contribution in [2.45, 2.75) is 19.4 Å². The Kier molecular flexibility index (Phi) is 4.85. The van der Waals surface area contributed by atoms with Crippen LogP contribution in [-0.2, 0) is 0 Å². The van der Waals surface area contributed by atoms with E-state index in [2.05, 4.69) is 36.0 Å². The highest BCUT2D eigenvalue weighted by Gasteiger charge is 2.29. The Bertz CT molecular complexity index is 493. The minimum Gasteiger partial charge on any atom is -0.399 e. The Morgan fingerprint density at radius 1 is 1.29 bits per heavy atom. The lowest BCUT2D eigenvalue weighted by Crippen LogP contribution is -2.57. The Labute approximate surface area is 127 Å². The van der Waals surface area contributed by atoms with Crippen LogP contribution < -0.4 is 11.1 Å². The molecule has 0 radical (unpaired) electrons. The lowest BCUT2D eigenvalue weighted by atomic mass is 10.0. The number of piperazine rings is 1. The van der Waals surface area contributed by atoms with Crippen LogP contribution >= 0.6 is 0 Å². The first-order valence-electron chi connectivity index (χ1n) is 7.46. The molecule has 21 heavy (non-hydrogen) atoms. The number of benzene rings is 1. The zero-order chi connectivity index (χ0) is 15.5. The van der Waals surface area contributed by atoms with Crippen LogP contribution in [0.2, 0.25) is 0 Å². The molecule has 1 fully saturated rings. The van der Waals surface area contributed by atoms with Gasteiger partial charge in [-0.3, -0.25) is 9.69 Å². The highest BCUT2D eigenvalue weighted by Crippen LogP contribution is 2.16. The van der Waals surface area contributed by atoms with Crippen LogP contribution in [0.15, 0.2) is 24.3 Å². The van der Waals surface area contributed by atoms with Gasteiger partial charge in [0.1, 0.15) is 0 Å². The zero-order valence-electron chi connectivity index (χ0n) is 13.2. The molecular formula is C16H26N4O. The predicted molar refractivity (Wildman–Crippen MR) is 86.3 cm³/mol. The molecule has 5 heteroatoms. The van der Waals surface area contributed by atoms with Crippen molar-refractivity contribution in [1.82, 2.24) is 15.1 Å². The number of anilines is 1. The number of carbonyl (C=O) groups excluding carboxylic acids is 1. The summed E-state index contributed by atoms with van der Waals surface area (Å²) < 4.78 is 0. The average molecular weight is 290 g/mol. The molecule has 0 aliphatic carbocycles. The van der Waals surface area contributed by atoms with Gasteiger partial charge in [-0.05, 0) is 39.1 Å². The van der Waals surface area contributed by atoms with Gasteiger partial charge in [-0.15, -0.1) is 0 Å². The van der Waals surface area contributed by atoms with E-state index < -0.39 is 0 Å². The molecule has 0 saturated carbocycles. The third kappa shape index (κ3) is 4.19. The normalized spacial score (nSPS) is 17.7. The number of carbonyl (C=O) groups is 1. The smallest absolute Gasteiger partial charge is 0.251 e. The van der Waals surface area contributed by atoms with Crippen LogP contribution in [0.25, 0.3) is 0 Å². The van der Waals surface area contributed by atoms with Crippen molar-refractivity contribution in [2.24, 2.45) is 0 Å². The highest BCUT2D eigenvalue weighted by molar-refractivity contribution is 5.95. The minimum absolute atomic E-state index is 0.0444. The van der Waals surface area contributed by atoms with Crippen molar-refractivity contribution in [2.75, 3.05) is 45.5 Å². The van der Waals surface area contributed by atoms with E-state index in [1.54, 1.807) is 24.3 Å². The van der Waals surface area contributed by atoms with Crippen molar-refractivity contribution in [1.29, 1.82) is 0 Å². The van der Waals surface area contributed by atoms with Crippen molar-refractivity contribution < 1.29 is 4.79 Å². The number of amides is 1. The summed E-state index contributed by atoms with van der Waals surface area (Å²) in [7, 11) is 2.14. The monoisotopic (exact) mass is 290 g/mol. The minimum atomic E-state index is -0.0653. The quantitative estimate of drug-likeness (QED) is 0.813. The molecule has 116 valence electrons. The van der Waals surface area contributed by atoms with E-state index in [1.807, 2.05) is 0 Å². The molecule has 1 amide bonds. The molecule has 0 unspecified atom stereocenters. The highest BCUT2D eigenvalue weighted by atomic mass is 16.1. The molecule has 3 N–H and O–H groups in total. The lowest BCUT2D eigenvalue weighted by molar-refractivity contribution is 0.0588. The second-order valence-corrected chi connectivity index (χ2v) is 6.41. The van der Waals surface area contributed by atoms with Crippen LogP contribution in [-0.4, -0.2) is 61.0 Å². The maximum absolute atomic E-state index is 12.2. The molecule has 0 bridgehead atoms. The van der Waals surface area contributed by atoms with Gasteiger partial charge in [-0.2, -0.15) is 0 Å². The second kappa shape index (κ2) is 6.45. The predicted octanol–water partition coefficient (Wildman–Crippen LogP) is 1.02. The molecule has 0 atom stereocenters. The van der Waals surface area contributed by atoms with E-state index in [9.17, 15) is 4.79 Å². The molecule has 1 aliphatic heterocycles. The van der Waals surface area contributed by atoms with Crippen molar-refractivity contribution in [3.63, 3.8) is 0 Å². The zero-order valence-corrected chi connectivity index (χ0v) is 13.2. The SMILES string of the molecule is CN1CCN(C(C)(C)CNC(=O)c2cccc(N)c2)CC1. The average Bonchev–Trinajstić information content (AvgIpc) is 2.45. The van der Waals surface area contributed by atoms with Crippen LogP contribution in [0.1, 0.15) is 24.2 Å². The summed E-state index contributed by atoms with van der Waals surface area (Å²) in [5, 5.41) is 3.03. The fourth-order valence-corrected chi connectivity index (χ4v) is 2.60. The second-order valence-electron chi connectivity index (χ2n) is 6.41. The standard InChI is InChI=1S/C16H26N4O/c1-16(2,20-9-7-19(3)8-10-20)12-18-15(21)13-5-4-6-14(17)11-13/h4-6,11H,7-10,12,17H2,1-3H3,(H,18,21). The Morgan fingerprint density at radius 2 is 1.95 bits per heavy atom. The van der Waals surface area contributed by atoms with Crippen molar-refractivity contribution in [3.8, 4) is 0 Å². The maximum Gasteiger partial charge on any atom is 0.251 e. The summed E-state index contributed by atoms with van der Waals surface area (Å²) in [4.78, 5) is 17.0. The van der Waals surface area contributed by atoms with E-state index in [-0.39, 0.29) is 11.4 Å². The molecule has 2 rings (SSSR count). The maximum atomic E-state index is 12.2. The molecule has 0 spiro atoms. The van der Waals surface area contributed by atoms with Gasteiger partial charge in [0.05, 0.1) is 0 Å². The molecule has 0 aromatic heterocycles. The molecule has 1 aromatic rings. The summed E-state index contributed by atoms with van der Waals surface area (Å²) in [5.41, 5.74) is 6.90. The number of rotatable bonds is 4. The number of nitrogens with two attached hydrogens (primary N) is 1. The molecule has 1 aromatic carbocycles. The number of nitrogens with one attached hydrogen (secondary N) is 1. The van der Waals surface area contributed by atoms with E-state index >= 15 is 0 Å². The Hall–Kier alpha value is -1.59. The van der Waals surface area contributed by atoms with Crippen molar-refractivity contribution >= 4 is 11.6 Å². The third-order valence-electron chi connectivity index (χ3n) is 4.19. The van der Waals surface area contributed by atoms with Gasteiger partial charge < -0.3 is 16.0 Å². The largest absolute Gasteiger partial charge is 0.399 e. The fraction of sp³-hybridized carbons (Fsp3) is 0.562. The van der Waals surface area contributed by atoms with Crippen molar-refractivity contribution in [3.05, 3.63) is 29.8 Å². The summed E-state index contributed by atoms with van der Waals surface area (Å²) >= 11 is 0. The molecule has 1 heterocycles. The van der Waals surface area contributed by atoms with Crippen LogP contribution in [0.3, 0.4) is 0 Å². The first kappa shape index (κ1) is 15.8. The van der Waals surface area contributed by atoms with Gasteiger partial charge in [0, 0.05) is 49.5 Å². The first-order chi connectivity index (χ1) is 9.88. The number of nitrogens with zero attached hydrogens (tertiary/aromatic N) is 2. The molecular weight excluding hydrogens is 264 g/mol. The molecule has 5 nitrogen and oxygen atoms in total. The summed E-state index contributed by atoms with van der Waals surface area (Å²) in [6, 6.07) is 7.08. The summed E-state index contributed by atoms with van der Waals surface area (Å²) in [6.07, 6.45) is 0. The fourth-order valence-electron chi connectivity index (χ4n) is 2.60. The summed E-state index contributed by atoms with van der Waals surface area (Å²) in [6.45, 7) is 9.22. The van der Waals surface area contributed by atoms with Gasteiger partial charge in [-0.1, -0.05) is 6.07 Å². The number of likely N-dealkylation sites (N-methyl/N-ethyl adjacent to an activating group) is 1. The van der Waals surface area contributed by atoms with Gasteiger partial charge in [-0.25, -0.2) is 0 Å². The molecule has 1 saturated heterocycles. The van der Waals surface area contributed by atoms with Gasteiger partial charge in [0.25, 0.3) is 5.91 Å². The van der Waals surface area contributed by atoms with E-state index in [1.165, 1.54) is 0 Å². The van der Waals surface area contributed by atoms with Crippen LogP contribution in [0.5, 0.6) is 0 Å². The number of hydrogen-bond acceptors (Lipinski definition) is 4. The van der Waals surface area contributed by atoms with E-state index in [0.717, 1.165) is 26.2 Å². The number of hydrogen-bond donors (Lipinski definition) is 2. The number of nitrogen functional groups attached to an aromatic ring is 1. The van der Waals surface area contributed by atoms with Gasteiger partial charge in [0.2, 0.25) is 0 Å². The van der Waals surface area contributed by atoms with Gasteiger partial charge >= 0.3 is 0 Å². The van der Waals surface area contributed by atoms with Crippen LogP contribution in [0.4, 0.5) is 5.69 Å². The Morgan fingerprint density at radius 3 is 2.57 bits per heavy atom.